The molecule has 0 atom stereocenters. The summed E-state index contributed by atoms with van der Waals surface area (Å²) in [4.78, 5) is 24.2. The summed E-state index contributed by atoms with van der Waals surface area (Å²) in [5.41, 5.74) is 2.36. The SMILES string of the molecule is O=C(NCc1ccccc1-c1nccs1)c1cnccn1. The molecule has 0 fully saturated rings. The number of carbonyl (C=O) groups excluding carboxylic acids is 1. The van der Waals surface area contributed by atoms with Gasteiger partial charge in [0, 0.05) is 36.1 Å². The summed E-state index contributed by atoms with van der Waals surface area (Å²) in [6.07, 6.45) is 6.25. The summed E-state index contributed by atoms with van der Waals surface area (Å²) in [5.74, 6) is -0.239. The maximum Gasteiger partial charge on any atom is 0.271 e. The third-order valence-electron chi connectivity index (χ3n) is 2.92. The van der Waals surface area contributed by atoms with Crippen LogP contribution in [-0.2, 0) is 6.54 Å². The van der Waals surface area contributed by atoms with E-state index < -0.39 is 0 Å². The highest BCUT2D eigenvalue weighted by Crippen LogP contribution is 2.25. The Hall–Kier alpha value is -2.60. The van der Waals surface area contributed by atoms with E-state index in [2.05, 4.69) is 20.3 Å². The number of benzene rings is 1. The molecule has 21 heavy (non-hydrogen) atoms. The van der Waals surface area contributed by atoms with Gasteiger partial charge in [-0.3, -0.25) is 9.78 Å². The fourth-order valence-corrected chi connectivity index (χ4v) is 2.62. The summed E-state index contributed by atoms with van der Waals surface area (Å²) in [6.45, 7) is 0.422. The summed E-state index contributed by atoms with van der Waals surface area (Å²) < 4.78 is 0. The van der Waals surface area contributed by atoms with E-state index in [1.807, 2.05) is 29.6 Å². The van der Waals surface area contributed by atoms with Gasteiger partial charge in [0.1, 0.15) is 10.7 Å². The Morgan fingerprint density at radius 2 is 2.05 bits per heavy atom. The van der Waals surface area contributed by atoms with Gasteiger partial charge in [0.05, 0.1) is 6.20 Å². The molecule has 0 bridgehead atoms. The van der Waals surface area contributed by atoms with Crippen molar-refractivity contribution in [2.45, 2.75) is 6.54 Å². The van der Waals surface area contributed by atoms with Gasteiger partial charge in [0.25, 0.3) is 5.91 Å². The Bertz CT molecular complexity index is 728. The van der Waals surface area contributed by atoms with Crippen LogP contribution in [-0.4, -0.2) is 20.9 Å². The lowest BCUT2D eigenvalue weighted by Gasteiger charge is -2.08. The summed E-state index contributed by atoms with van der Waals surface area (Å²) in [6, 6.07) is 7.89. The van der Waals surface area contributed by atoms with Crippen LogP contribution in [0.25, 0.3) is 10.6 Å². The fourth-order valence-electron chi connectivity index (χ4n) is 1.92. The third kappa shape index (κ3) is 3.11. The van der Waals surface area contributed by atoms with Gasteiger partial charge in [0.15, 0.2) is 0 Å². The van der Waals surface area contributed by atoms with Crippen molar-refractivity contribution < 1.29 is 4.79 Å². The van der Waals surface area contributed by atoms with Crippen molar-refractivity contribution in [1.29, 1.82) is 0 Å². The second-order valence-corrected chi connectivity index (χ2v) is 5.16. The van der Waals surface area contributed by atoms with E-state index in [4.69, 9.17) is 0 Å². The van der Waals surface area contributed by atoms with Crippen LogP contribution in [0.4, 0.5) is 0 Å². The normalized spacial score (nSPS) is 10.3. The highest BCUT2D eigenvalue weighted by atomic mass is 32.1. The number of hydrogen-bond donors (Lipinski definition) is 1. The first kappa shape index (κ1) is 13.4. The van der Waals surface area contributed by atoms with Gasteiger partial charge >= 0.3 is 0 Å². The van der Waals surface area contributed by atoms with Crippen molar-refractivity contribution in [3.63, 3.8) is 0 Å². The summed E-state index contributed by atoms with van der Waals surface area (Å²) >= 11 is 1.57. The van der Waals surface area contributed by atoms with E-state index in [0.29, 0.717) is 12.2 Å². The van der Waals surface area contributed by atoms with Gasteiger partial charge < -0.3 is 5.32 Å². The highest BCUT2D eigenvalue weighted by Gasteiger charge is 2.10. The van der Waals surface area contributed by atoms with Crippen molar-refractivity contribution >= 4 is 17.2 Å². The molecule has 6 heteroatoms. The molecule has 2 aromatic heterocycles. The zero-order valence-electron chi connectivity index (χ0n) is 11.1. The summed E-state index contributed by atoms with van der Waals surface area (Å²) in [5, 5.41) is 5.73. The second-order valence-electron chi connectivity index (χ2n) is 4.27. The monoisotopic (exact) mass is 296 g/mol. The molecule has 0 saturated carbocycles. The fraction of sp³-hybridized carbons (Fsp3) is 0.0667. The van der Waals surface area contributed by atoms with Gasteiger partial charge in [0.2, 0.25) is 0 Å². The number of aromatic nitrogens is 3. The van der Waals surface area contributed by atoms with E-state index in [0.717, 1.165) is 16.1 Å². The minimum atomic E-state index is -0.239. The molecular formula is C15H12N4OS. The van der Waals surface area contributed by atoms with E-state index in [1.54, 1.807) is 17.5 Å². The van der Waals surface area contributed by atoms with Gasteiger partial charge in [-0.05, 0) is 5.56 Å². The van der Waals surface area contributed by atoms with E-state index >= 15 is 0 Å². The molecule has 1 N–H and O–H groups in total. The molecule has 1 aromatic carbocycles. The second kappa shape index (κ2) is 6.23. The van der Waals surface area contributed by atoms with Crippen LogP contribution in [0.2, 0.25) is 0 Å². The maximum atomic E-state index is 12.0. The van der Waals surface area contributed by atoms with Crippen molar-refractivity contribution in [2.75, 3.05) is 0 Å². The molecule has 3 aromatic rings. The smallest absolute Gasteiger partial charge is 0.271 e. The molecule has 0 aliphatic rings. The van der Waals surface area contributed by atoms with Gasteiger partial charge in [-0.15, -0.1) is 11.3 Å². The molecule has 0 aliphatic carbocycles. The average molecular weight is 296 g/mol. The number of carbonyl (C=O) groups is 1. The Labute approximate surface area is 125 Å². The van der Waals surface area contributed by atoms with E-state index in [1.165, 1.54) is 18.6 Å². The molecule has 0 spiro atoms. The molecule has 3 rings (SSSR count). The molecule has 0 radical (unpaired) electrons. The number of thiazole rings is 1. The van der Waals surface area contributed by atoms with Crippen molar-refractivity contribution in [1.82, 2.24) is 20.3 Å². The predicted molar refractivity (Wildman–Crippen MR) is 80.8 cm³/mol. The van der Waals surface area contributed by atoms with Crippen LogP contribution < -0.4 is 5.32 Å². The van der Waals surface area contributed by atoms with Crippen LogP contribution >= 0.6 is 11.3 Å². The lowest BCUT2D eigenvalue weighted by Crippen LogP contribution is -2.24. The quantitative estimate of drug-likeness (QED) is 0.803. The predicted octanol–water partition coefficient (Wildman–Crippen LogP) is 2.53. The number of hydrogen-bond acceptors (Lipinski definition) is 5. The molecule has 0 unspecified atom stereocenters. The zero-order valence-corrected chi connectivity index (χ0v) is 11.9. The molecule has 5 nitrogen and oxygen atoms in total. The van der Waals surface area contributed by atoms with E-state index in [9.17, 15) is 4.79 Å². The molecule has 104 valence electrons. The Balaban J connectivity index is 1.76. The molecular weight excluding hydrogens is 284 g/mol. The van der Waals surface area contributed by atoms with Crippen LogP contribution in [0.5, 0.6) is 0 Å². The van der Waals surface area contributed by atoms with Gasteiger partial charge in [-0.1, -0.05) is 24.3 Å². The highest BCUT2D eigenvalue weighted by molar-refractivity contribution is 7.13. The lowest BCUT2D eigenvalue weighted by atomic mass is 10.1. The largest absolute Gasteiger partial charge is 0.347 e. The molecule has 1 amide bonds. The third-order valence-corrected chi connectivity index (χ3v) is 3.72. The number of rotatable bonds is 4. The van der Waals surface area contributed by atoms with Crippen LogP contribution in [0.3, 0.4) is 0 Å². The average Bonchev–Trinajstić information content (AvgIpc) is 3.08. The first-order valence-electron chi connectivity index (χ1n) is 6.36. The zero-order chi connectivity index (χ0) is 14.5. The van der Waals surface area contributed by atoms with Crippen LogP contribution in [0.1, 0.15) is 16.1 Å². The van der Waals surface area contributed by atoms with Gasteiger partial charge in [-0.25, -0.2) is 9.97 Å². The first-order valence-corrected chi connectivity index (χ1v) is 7.24. The van der Waals surface area contributed by atoms with Crippen molar-refractivity contribution in [2.24, 2.45) is 0 Å². The first-order chi connectivity index (χ1) is 10.3. The number of nitrogens with one attached hydrogen (secondary N) is 1. The molecule has 0 aliphatic heterocycles. The minimum Gasteiger partial charge on any atom is -0.347 e. The number of nitrogens with zero attached hydrogens (tertiary/aromatic N) is 3. The Kier molecular flexibility index (Phi) is 3.97. The Morgan fingerprint density at radius 1 is 1.14 bits per heavy atom. The van der Waals surface area contributed by atoms with Crippen LogP contribution in [0.15, 0.2) is 54.4 Å². The molecule has 2 heterocycles. The standard InChI is InChI=1S/C15H12N4OS/c20-14(13-10-16-5-6-17-13)19-9-11-3-1-2-4-12(11)15-18-7-8-21-15/h1-8,10H,9H2,(H,19,20). The summed E-state index contributed by atoms with van der Waals surface area (Å²) in [7, 11) is 0. The molecule has 0 saturated heterocycles. The lowest BCUT2D eigenvalue weighted by molar-refractivity contribution is 0.0945. The maximum absolute atomic E-state index is 12.0. The van der Waals surface area contributed by atoms with E-state index in [-0.39, 0.29) is 5.91 Å². The van der Waals surface area contributed by atoms with Crippen LogP contribution in [0, 0.1) is 0 Å². The van der Waals surface area contributed by atoms with Gasteiger partial charge in [-0.2, -0.15) is 0 Å². The topological polar surface area (TPSA) is 67.8 Å². The minimum absolute atomic E-state index is 0.239. The van der Waals surface area contributed by atoms with Crippen molar-refractivity contribution in [3.05, 3.63) is 65.7 Å². The Morgan fingerprint density at radius 3 is 2.81 bits per heavy atom. The van der Waals surface area contributed by atoms with Crippen molar-refractivity contribution in [3.8, 4) is 10.6 Å². The number of amides is 1.